The minimum atomic E-state index is -1.41. The molecule has 0 aromatic heterocycles. The molecule has 10 heavy (non-hydrogen) atoms. The molecule has 0 aromatic rings. The predicted molar refractivity (Wildman–Crippen MR) is 43.5 cm³/mol. The fraction of sp³-hybridized carbons (Fsp3) is 0.500. The number of carbonyl (C=O) groups excluding carboxylic acids is 1. The molecule has 0 rings (SSSR count). The molecule has 0 saturated carbocycles. The molecule has 0 unspecified atom stereocenters. The third kappa shape index (κ3) is 5.35. The largest absolute Gasteiger partial charge is 0.309 e. The van der Waals surface area contributed by atoms with Crippen molar-refractivity contribution in [1.82, 2.24) is 5.43 Å². The summed E-state index contributed by atoms with van der Waals surface area (Å²) in [6.07, 6.45) is 0. The molecule has 0 aliphatic heterocycles. The van der Waals surface area contributed by atoms with Crippen molar-refractivity contribution in [3.05, 3.63) is 0 Å². The van der Waals surface area contributed by atoms with Gasteiger partial charge in [-0.25, -0.2) is 5.84 Å². The quantitative estimate of drug-likeness (QED) is 0.169. The van der Waals surface area contributed by atoms with Crippen LogP contribution in [0.15, 0.2) is 0 Å². The Labute approximate surface area is 62.0 Å². The maximum atomic E-state index is 10.5. The van der Waals surface area contributed by atoms with Gasteiger partial charge in [-0.05, 0) is 5.92 Å². The maximum Gasteiger partial charge on any atom is 0.309 e. The van der Waals surface area contributed by atoms with Crippen molar-refractivity contribution in [2.75, 3.05) is 0 Å². The lowest BCUT2D eigenvalue weighted by molar-refractivity contribution is -0.115. The summed E-state index contributed by atoms with van der Waals surface area (Å²) in [6.45, 7) is 6.18. The van der Waals surface area contributed by atoms with Gasteiger partial charge in [-0.3, -0.25) is 10.2 Å². The van der Waals surface area contributed by atoms with E-state index in [9.17, 15) is 4.79 Å². The number of carbonyl (C=O) groups is 1. The molecule has 0 atom stereocenters. The molecule has 3 N–H and O–H groups in total. The Morgan fingerprint density at radius 1 is 1.50 bits per heavy atom. The molecule has 0 bridgehead atoms. The van der Waals surface area contributed by atoms with E-state index in [1.54, 1.807) is 0 Å². The normalized spacial score (nSPS) is 9.60. The van der Waals surface area contributed by atoms with Crippen LogP contribution in [-0.2, 0) is 4.79 Å². The van der Waals surface area contributed by atoms with Crippen LogP contribution in [0.1, 0.15) is 0 Å². The Balaban J connectivity index is 4.05. The highest BCUT2D eigenvalue weighted by atomic mass is 28.3. The minimum Gasteiger partial charge on any atom is -0.283 e. The molecule has 0 radical (unpaired) electrons. The summed E-state index contributed by atoms with van der Waals surface area (Å²) < 4.78 is 0. The van der Waals surface area contributed by atoms with Crippen LogP contribution in [0.4, 0.5) is 0 Å². The summed E-state index contributed by atoms with van der Waals surface area (Å²) in [4.78, 5) is 10.5. The molecule has 3 nitrogen and oxygen atoms in total. The lowest BCUT2D eigenvalue weighted by atomic mass is 10.7. The maximum absolute atomic E-state index is 10.5. The number of hydrazine groups is 1. The summed E-state index contributed by atoms with van der Waals surface area (Å²) in [5, 5.41) is 0. The van der Waals surface area contributed by atoms with Gasteiger partial charge in [0.15, 0.2) is 0 Å². The first-order valence-electron chi connectivity index (χ1n) is 2.99. The molecular formula is C6H12N2OSi. The summed E-state index contributed by atoms with van der Waals surface area (Å²) in [5.74, 6) is 6.81. The summed E-state index contributed by atoms with van der Waals surface area (Å²) in [6, 6.07) is 0. The molecular weight excluding hydrogens is 144 g/mol. The lowest BCUT2D eigenvalue weighted by Gasteiger charge is -2.02. The first kappa shape index (κ1) is 9.21. The van der Waals surface area contributed by atoms with Gasteiger partial charge in [-0.2, -0.15) is 0 Å². The van der Waals surface area contributed by atoms with Crippen molar-refractivity contribution in [1.29, 1.82) is 0 Å². The van der Waals surface area contributed by atoms with Gasteiger partial charge in [-0.15, -0.1) is 5.54 Å². The first-order valence-corrected chi connectivity index (χ1v) is 6.49. The Hall–Kier alpha value is -0.793. The van der Waals surface area contributed by atoms with Crippen LogP contribution in [0.2, 0.25) is 19.6 Å². The van der Waals surface area contributed by atoms with Crippen LogP contribution in [0.3, 0.4) is 0 Å². The van der Waals surface area contributed by atoms with Gasteiger partial charge < -0.3 is 0 Å². The van der Waals surface area contributed by atoms with E-state index in [0.717, 1.165) is 0 Å². The minimum absolute atomic E-state index is 0.414. The molecule has 4 heteroatoms. The van der Waals surface area contributed by atoms with E-state index in [0.29, 0.717) is 0 Å². The Bertz CT molecular complexity index is 184. The molecule has 0 fully saturated rings. The van der Waals surface area contributed by atoms with Gasteiger partial charge in [0.05, 0.1) is 0 Å². The number of rotatable bonds is 0. The van der Waals surface area contributed by atoms with E-state index in [-0.39, 0.29) is 0 Å². The average molecular weight is 156 g/mol. The highest BCUT2D eigenvalue weighted by Crippen LogP contribution is 1.95. The first-order chi connectivity index (χ1) is 4.45. The van der Waals surface area contributed by atoms with Crippen molar-refractivity contribution >= 4 is 14.0 Å². The average Bonchev–Trinajstić information content (AvgIpc) is 1.81. The molecule has 0 aliphatic carbocycles. The van der Waals surface area contributed by atoms with Gasteiger partial charge in [0, 0.05) is 0 Å². The smallest absolute Gasteiger partial charge is 0.283 e. The molecule has 56 valence electrons. The van der Waals surface area contributed by atoms with Gasteiger partial charge >= 0.3 is 5.91 Å². The summed E-state index contributed by atoms with van der Waals surface area (Å²) >= 11 is 0. The molecule has 1 amide bonds. The van der Waals surface area contributed by atoms with E-state index in [2.05, 4.69) is 31.1 Å². The predicted octanol–water partition coefficient (Wildman–Crippen LogP) is -0.143. The molecule has 0 saturated heterocycles. The Morgan fingerprint density at radius 2 is 2.00 bits per heavy atom. The van der Waals surface area contributed by atoms with Crippen molar-refractivity contribution in [3.8, 4) is 11.5 Å². The second-order valence-corrected chi connectivity index (χ2v) is 7.72. The molecule has 0 heterocycles. The van der Waals surface area contributed by atoms with E-state index in [4.69, 9.17) is 5.84 Å². The highest BCUT2D eigenvalue weighted by Gasteiger charge is 2.07. The number of nitrogens with one attached hydrogen (secondary N) is 1. The third-order valence-electron chi connectivity index (χ3n) is 0.682. The zero-order valence-corrected chi connectivity index (χ0v) is 7.49. The number of amides is 1. The molecule has 0 aliphatic rings. The molecule has 0 spiro atoms. The number of nitrogens with two attached hydrogens (primary N) is 1. The standard InChI is InChI=1S/C6H12N2OSi/c1-10(2,3)5-4-6(9)8-7/h7H2,1-3H3,(H,8,9). The highest BCUT2D eigenvalue weighted by molar-refractivity contribution is 6.84. The van der Waals surface area contributed by atoms with Gasteiger partial charge in [0.1, 0.15) is 8.07 Å². The number of hydrogen-bond donors (Lipinski definition) is 2. The van der Waals surface area contributed by atoms with Crippen molar-refractivity contribution < 1.29 is 4.79 Å². The lowest BCUT2D eigenvalue weighted by Crippen LogP contribution is -2.29. The fourth-order valence-electron chi connectivity index (χ4n) is 0.280. The Morgan fingerprint density at radius 3 is 2.30 bits per heavy atom. The third-order valence-corrected chi connectivity index (χ3v) is 1.56. The van der Waals surface area contributed by atoms with Crippen LogP contribution < -0.4 is 11.3 Å². The zero-order valence-electron chi connectivity index (χ0n) is 6.49. The van der Waals surface area contributed by atoms with Crippen molar-refractivity contribution in [2.45, 2.75) is 19.6 Å². The van der Waals surface area contributed by atoms with E-state index in [1.807, 2.05) is 5.43 Å². The van der Waals surface area contributed by atoms with Crippen LogP contribution in [0, 0.1) is 11.5 Å². The van der Waals surface area contributed by atoms with Crippen molar-refractivity contribution in [2.24, 2.45) is 5.84 Å². The van der Waals surface area contributed by atoms with Crippen LogP contribution >= 0.6 is 0 Å². The number of hydrogen-bond acceptors (Lipinski definition) is 2. The second kappa shape index (κ2) is 3.39. The van der Waals surface area contributed by atoms with Crippen LogP contribution in [0.25, 0.3) is 0 Å². The van der Waals surface area contributed by atoms with Crippen LogP contribution in [0.5, 0.6) is 0 Å². The van der Waals surface area contributed by atoms with Gasteiger partial charge in [-0.1, -0.05) is 19.6 Å². The van der Waals surface area contributed by atoms with Crippen LogP contribution in [-0.4, -0.2) is 14.0 Å². The Kier molecular flexibility index (Phi) is 3.12. The SMILES string of the molecule is C[Si](C)(C)C#CC(=O)NN. The summed E-state index contributed by atoms with van der Waals surface area (Å²) in [7, 11) is -1.41. The van der Waals surface area contributed by atoms with E-state index >= 15 is 0 Å². The van der Waals surface area contributed by atoms with Gasteiger partial charge in [0.25, 0.3) is 0 Å². The van der Waals surface area contributed by atoms with Gasteiger partial charge in [0.2, 0.25) is 0 Å². The fourth-order valence-corrected chi connectivity index (χ4v) is 0.769. The monoisotopic (exact) mass is 156 g/mol. The second-order valence-electron chi connectivity index (χ2n) is 2.97. The zero-order chi connectivity index (χ0) is 8.20. The molecule has 0 aromatic carbocycles. The van der Waals surface area contributed by atoms with Crippen molar-refractivity contribution in [3.63, 3.8) is 0 Å². The topological polar surface area (TPSA) is 55.1 Å². The summed E-state index contributed by atoms with van der Waals surface area (Å²) in [5.41, 5.74) is 4.82. The van der Waals surface area contributed by atoms with E-state index < -0.39 is 14.0 Å². The van der Waals surface area contributed by atoms with E-state index in [1.165, 1.54) is 0 Å².